The lowest BCUT2D eigenvalue weighted by Gasteiger charge is -2.06. The molecule has 2 aromatic heterocycles. The Kier molecular flexibility index (Phi) is 3.97. The highest BCUT2D eigenvalue weighted by molar-refractivity contribution is 7.23. The third-order valence-corrected chi connectivity index (χ3v) is 6.11. The molecule has 0 fully saturated rings. The molecule has 0 atom stereocenters. The maximum absolute atomic E-state index is 13.3. The lowest BCUT2D eigenvalue weighted by molar-refractivity contribution is 0.0527. The Bertz CT molecular complexity index is 932. The van der Waals surface area contributed by atoms with Gasteiger partial charge >= 0.3 is 5.97 Å². The van der Waals surface area contributed by atoms with Crippen molar-refractivity contribution in [3.05, 3.63) is 40.0 Å². The van der Waals surface area contributed by atoms with Crippen molar-refractivity contribution < 1.29 is 13.9 Å². The van der Waals surface area contributed by atoms with Crippen molar-refractivity contribution >= 4 is 49.0 Å². The van der Waals surface area contributed by atoms with Crippen molar-refractivity contribution in [1.82, 2.24) is 4.98 Å². The second-order valence-electron chi connectivity index (χ2n) is 5.54. The second kappa shape index (κ2) is 6.14. The van der Waals surface area contributed by atoms with E-state index in [1.807, 2.05) is 0 Å². The number of aromatic nitrogens is 1. The van der Waals surface area contributed by atoms with Crippen LogP contribution >= 0.6 is 22.7 Å². The molecule has 4 rings (SSSR count). The molecule has 3 aromatic rings. The Morgan fingerprint density at radius 3 is 3.08 bits per heavy atom. The lowest BCUT2D eigenvalue weighted by atomic mass is 10.1. The van der Waals surface area contributed by atoms with Crippen molar-refractivity contribution in [2.75, 3.05) is 11.9 Å². The van der Waals surface area contributed by atoms with E-state index in [1.165, 1.54) is 28.3 Å². The fourth-order valence-electron chi connectivity index (χ4n) is 2.96. The van der Waals surface area contributed by atoms with Crippen LogP contribution in [0.1, 0.15) is 34.1 Å². The Morgan fingerprint density at radius 1 is 1.38 bits per heavy atom. The number of thiazole rings is 1. The van der Waals surface area contributed by atoms with Gasteiger partial charge in [0.05, 0.1) is 22.4 Å². The summed E-state index contributed by atoms with van der Waals surface area (Å²) in [6.45, 7) is 2.16. The summed E-state index contributed by atoms with van der Waals surface area (Å²) in [6, 6.07) is 4.53. The van der Waals surface area contributed by atoms with E-state index >= 15 is 0 Å². The van der Waals surface area contributed by atoms with Crippen LogP contribution in [-0.2, 0) is 17.6 Å². The molecular formula is C17H15FN2O2S2. The molecule has 2 heterocycles. The van der Waals surface area contributed by atoms with Gasteiger partial charge in [-0.3, -0.25) is 0 Å². The molecule has 0 bridgehead atoms. The van der Waals surface area contributed by atoms with Crippen LogP contribution in [0.5, 0.6) is 0 Å². The number of nitrogens with zero attached hydrogens (tertiary/aromatic N) is 1. The Hall–Kier alpha value is -1.99. The van der Waals surface area contributed by atoms with Gasteiger partial charge in [0.15, 0.2) is 5.13 Å². The number of fused-ring (bicyclic) bond motifs is 2. The normalized spacial score (nSPS) is 13.2. The van der Waals surface area contributed by atoms with Crippen molar-refractivity contribution in [2.45, 2.75) is 26.2 Å². The van der Waals surface area contributed by atoms with Gasteiger partial charge < -0.3 is 10.1 Å². The van der Waals surface area contributed by atoms with E-state index in [1.54, 1.807) is 24.3 Å². The highest BCUT2D eigenvalue weighted by atomic mass is 32.1. The molecule has 0 saturated heterocycles. The Labute approximate surface area is 146 Å². The van der Waals surface area contributed by atoms with Crippen LogP contribution in [0.3, 0.4) is 0 Å². The average Bonchev–Trinajstić information content (AvgIpc) is 3.20. The van der Waals surface area contributed by atoms with Gasteiger partial charge in [-0.25, -0.2) is 14.2 Å². The molecule has 4 nitrogen and oxygen atoms in total. The largest absolute Gasteiger partial charge is 0.462 e. The predicted octanol–water partition coefficient (Wildman–Crippen LogP) is 4.91. The number of esters is 1. The van der Waals surface area contributed by atoms with Crippen molar-refractivity contribution in [3.63, 3.8) is 0 Å². The van der Waals surface area contributed by atoms with E-state index in [-0.39, 0.29) is 11.8 Å². The van der Waals surface area contributed by atoms with Gasteiger partial charge in [0.25, 0.3) is 0 Å². The average molecular weight is 362 g/mol. The van der Waals surface area contributed by atoms with E-state index in [9.17, 15) is 9.18 Å². The number of nitrogens with one attached hydrogen (secondary N) is 1. The first kappa shape index (κ1) is 15.5. The quantitative estimate of drug-likeness (QED) is 0.670. The number of benzene rings is 1. The molecular weight excluding hydrogens is 347 g/mol. The molecule has 0 spiro atoms. The van der Waals surface area contributed by atoms with Crippen molar-refractivity contribution in [1.29, 1.82) is 0 Å². The summed E-state index contributed by atoms with van der Waals surface area (Å²) in [7, 11) is 0. The summed E-state index contributed by atoms with van der Waals surface area (Å²) in [5.74, 6) is -0.563. The zero-order chi connectivity index (χ0) is 16.7. The van der Waals surface area contributed by atoms with Crippen LogP contribution in [0.15, 0.2) is 18.2 Å². The number of hydrogen-bond acceptors (Lipinski definition) is 6. The van der Waals surface area contributed by atoms with Crippen LogP contribution in [0.25, 0.3) is 10.2 Å². The number of carbonyl (C=O) groups is 1. The van der Waals surface area contributed by atoms with Crippen LogP contribution in [-0.4, -0.2) is 17.6 Å². The molecule has 0 amide bonds. The molecule has 0 saturated carbocycles. The number of carbonyl (C=O) groups excluding carboxylic acids is 1. The highest BCUT2D eigenvalue weighted by Crippen LogP contribution is 2.41. The van der Waals surface area contributed by atoms with Crippen LogP contribution in [0.4, 0.5) is 14.5 Å². The first-order chi connectivity index (χ1) is 11.7. The third-order valence-electron chi connectivity index (χ3n) is 3.97. The first-order valence-corrected chi connectivity index (χ1v) is 9.43. The maximum atomic E-state index is 13.3. The van der Waals surface area contributed by atoms with Crippen molar-refractivity contribution in [3.8, 4) is 0 Å². The van der Waals surface area contributed by atoms with Crippen LogP contribution in [0.2, 0.25) is 0 Å². The van der Waals surface area contributed by atoms with Gasteiger partial charge in [-0.1, -0.05) is 11.3 Å². The van der Waals surface area contributed by atoms with E-state index in [0.717, 1.165) is 40.0 Å². The van der Waals surface area contributed by atoms with Gasteiger partial charge in [-0.15, -0.1) is 11.3 Å². The predicted molar refractivity (Wildman–Crippen MR) is 95.2 cm³/mol. The fourth-order valence-corrected chi connectivity index (χ4v) is 5.20. The van der Waals surface area contributed by atoms with Gasteiger partial charge in [0.2, 0.25) is 0 Å². The number of anilines is 2. The number of thiophene rings is 1. The summed E-state index contributed by atoms with van der Waals surface area (Å²) in [6.07, 6.45) is 2.99. The summed E-state index contributed by atoms with van der Waals surface area (Å²) in [5, 5.41) is 4.68. The maximum Gasteiger partial charge on any atom is 0.341 e. The first-order valence-electron chi connectivity index (χ1n) is 7.80. The second-order valence-corrected chi connectivity index (χ2v) is 7.67. The smallest absolute Gasteiger partial charge is 0.341 e. The van der Waals surface area contributed by atoms with E-state index in [0.29, 0.717) is 17.3 Å². The Balaban J connectivity index is 1.71. The molecule has 7 heteroatoms. The number of ether oxygens (including phenoxy) is 1. The van der Waals surface area contributed by atoms with Gasteiger partial charge in [-0.2, -0.15) is 0 Å². The van der Waals surface area contributed by atoms with Crippen LogP contribution < -0.4 is 5.32 Å². The lowest BCUT2D eigenvalue weighted by Crippen LogP contribution is -2.08. The molecule has 1 aromatic carbocycles. The van der Waals surface area contributed by atoms with Gasteiger partial charge in [0.1, 0.15) is 10.8 Å². The zero-order valence-electron chi connectivity index (χ0n) is 13.0. The summed E-state index contributed by atoms with van der Waals surface area (Å²) >= 11 is 2.96. The van der Waals surface area contributed by atoms with Gasteiger partial charge in [-0.05, 0) is 49.9 Å². The molecule has 0 aliphatic heterocycles. The van der Waals surface area contributed by atoms with Gasteiger partial charge in [0, 0.05) is 4.88 Å². The third kappa shape index (κ3) is 2.67. The molecule has 124 valence electrons. The number of rotatable bonds is 4. The van der Waals surface area contributed by atoms with Crippen LogP contribution in [0, 0.1) is 5.82 Å². The van der Waals surface area contributed by atoms with E-state index in [4.69, 9.17) is 4.74 Å². The highest BCUT2D eigenvalue weighted by Gasteiger charge is 2.28. The zero-order valence-corrected chi connectivity index (χ0v) is 14.7. The molecule has 1 aliphatic carbocycles. The standard InChI is InChI=1S/C17H15FN2O2S2/c1-2-22-16(21)14-10-4-3-5-12(10)23-15(14)20-17-19-11-7-6-9(18)8-13(11)24-17/h6-8H,2-5H2,1H3,(H,19,20). The minimum absolute atomic E-state index is 0.278. The molecule has 0 unspecified atom stereocenters. The molecule has 0 radical (unpaired) electrons. The molecule has 1 N–H and O–H groups in total. The monoisotopic (exact) mass is 362 g/mol. The Morgan fingerprint density at radius 2 is 2.25 bits per heavy atom. The number of halogens is 1. The fraction of sp³-hybridized carbons (Fsp3) is 0.294. The SMILES string of the molecule is CCOC(=O)c1c(Nc2nc3ccc(F)cc3s2)sc2c1CCC2. The number of hydrogen-bond donors (Lipinski definition) is 1. The minimum atomic E-state index is -0.286. The summed E-state index contributed by atoms with van der Waals surface area (Å²) in [5.41, 5.74) is 2.48. The topological polar surface area (TPSA) is 51.2 Å². The molecule has 1 aliphatic rings. The molecule has 24 heavy (non-hydrogen) atoms. The minimum Gasteiger partial charge on any atom is -0.462 e. The summed E-state index contributed by atoms with van der Waals surface area (Å²) in [4.78, 5) is 18.1. The van der Waals surface area contributed by atoms with E-state index in [2.05, 4.69) is 10.3 Å². The van der Waals surface area contributed by atoms with E-state index < -0.39 is 0 Å². The number of aryl methyl sites for hydroxylation is 1. The van der Waals surface area contributed by atoms with Crippen molar-refractivity contribution in [2.24, 2.45) is 0 Å². The summed E-state index contributed by atoms with van der Waals surface area (Å²) < 4.78 is 19.3.